The van der Waals surface area contributed by atoms with Gasteiger partial charge in [0.05, 0.1) is 34.7 Å². The highest BCUT2D eigenvalue weighted by molar-refractivity contribution is 6.12. The first-order valence-corrected chi connectivity index (χ1v) is 14.7. The smallest absolute Gasteiger partial charge is 0.341 e. The van der Waals surface area contributed by atoms with Gasteiger partial charge in [-0.3, -0.25) is 19.7 Å². The van der Waals surface area contributed by atoms with Crippen LogP contribution in [0.2, 0.25) is 0 Å². The van der Waals surface area contributed by atoms with Crippen LogP contribution in [-0.4, -0.2) is 88.0 Å². The van der Waals surface area contributed by atoms with E-state index in [0.717, 1.165) is 18.3 Å². The number of pyridine rings is 1. The third-order valence-corrected chi connectivity index (χ3v) is 8.59. The zero-order valence-electron chi connectivity index (χ0n) is 24.7. The van der Waals surface area contributed by atoms with E-state index in [4.69, 9.17) is 4.74 Å². The van der Waals surface area contributed by atoms with E-state index in [0.29, 0.717) is 39.1 Å². The number of para-hydroxylation sites is 1. The van der Waals surface area contributed by atoms with Gasteiger partial charge in [-0.2, -0.15) is 0 Å². The van der Waals surface area contributed by atoms with Crippen LogP contribution >= 0.6 is 0 Å². The SMILES string of the molecule is CC1CN(c2c(F)c(NC(=O)c3ccccc3[N+](=O)[O-])c3c(=O)c(C(=O)O)cn(C4CC4)c3c2F)CC(C)N1N1CCOCC1. The Hall–Kier alpha value is -4.47. The van der Waals surface area contributed by atoms with Gasteiger partial charge in [-0.1, -0.05) is 12.1 Å². The number of hydrazine groups is 1. The number of piperazine rings is 1. The summed E-state index contributed by atoms with van der Waals surface area (Å²) in [5, 5.41) is 27.4. The molecule has 2 aromatic carbocycles. The van der Waals surface area contributed by atoms with Crippen LogP contribution in [0.4, 0.5) is 25.8 Å². The number of rotatable bonds is 7. The lowest BCUT2D eigenvalue weighted by atomic mass is 10.0. The van der Waals surface area contributed by atoms with E-state index in [-0.39, 0.29) is 36.7 Å². The predicted octanol–water partition coefficient (Wildman–Crippen LogP) is 3.62. The number of hydrogen-bond acceptors (Lipinski definition) is 9. The molecule has 1 aliphatic carbocycles. The molecule has 3 fully saturated rings. The quantitative estimate of drug-likeness (QED) is 0.294. The van der Waals surface area contributed by atoms with Crippen molar-refractivity contribution in [2.24, 2.45) is 0 Å². The number of anilines is 2. The maximum Gasteiger partial charge on any atom is 0.341 e. The third-order valence-electron chi connectivity index (χ3n) is 8.59. The maximum absolute atomic E-state index is 16.8. The fraction of sp³-hybridized carbons (Fsp3) is 0.433. The van der Waals surface area contributed by atoms with Crippen LogP contribution in [-0.2, 0) is 4.74 Å². The van der Waals surface area contributed by atoms with E-state index in [1.807, 2.05) is 13.8 Å². The summed E-state index contributed by atoms with van der Waals surface area (Å²) in [4.78, 5) is 51.5. The second kappa shape index (κ2) is 11.8. The summed E-state index contributed by atoms with van der Waals surface area (Å²) in [5.74, 6) is -5.03. The number of nitro groups is 1. The molecule has 1 saturated carbocycles. The topological polar surface area (TPSA) is 150 Å². The highest BCUT2D eigenvalue weighted by atomic mass is 19.1. The minimum atomic E-state index is -1.60. The average molecular weight is 627 g/mol. The van der Waals surface area contributed by atoms with Crippen LogP contribution in [0.25, 0.3) is 10.9 Å². The monoisotopic (exact) mass is 626 g/mol. The van der Waals surface area contributed by atoms with Crippen molar-refractivity contribution in [2.45, 2.75) is 44.8 Å². The summed E-state index contributed by atoms with van der Waals surface area (Å²) in [7, 11) is 0. The molecule has 0 bridgehead atoms. The number of morpholine rings is 1. The number of nitrogens with one attached hydrogen (secondary N) is 1. The maximum atomic E-state index is 16.8. The predicted molar refractivity (Wildman–Crippen MR) is 160 cm³/mol. The van der Waals surface area contributed by atoms with Crippen molar-refractivity contribution in [3.05, 3.63) is 73.6 Å². The fourth-order valence-corrected chi connectivity index (χ4v) is 6.56. The molecule has 2 saturated heterocycles. The number of carbonyl (C=O) groups is 2. The molecule has 0 spiro atoms. The molecule has 13 nitrogen and oxygen atoms in total. The van der Waals surface area contributed by atoms with E-state index < -0.39 is 67.4 Å². The Morgan fingerprint density at radius 3 is 2.29 bits per heavy atom. The van der Waals surface area contributed by atoms with Gasteiger partial charge in [0, 0.05) is 56.6 Å². The van der Waals surface area contributed by atoms with E-state index in [1.165, 1.54) is 21.6 Å². The van der Waals surface area contributed by atoms with Gasteiger partial charge in [0.25, 0.3) is 11.6 Å². The Balaban J connectivity index is 1.53. The van der Waals surface area contributed by atoms with E-state index in [9.17, 15) is 29.6 Å². The summed E-state index contributed by atoms with van der Waals surface area (Å²) in [6, 6.07) is 4.28. The number of hydrogen-bond donors (Lipinski definition) is 2. The van der Waals surface area contributed by atoms with Crippen LogP contribution in [0.15, 0.2) is 35.3 Å². The van der Waals surface area contributed by atoms with Gasteiger partial charge in [0.15, 0.2) is 11.6 Å². The van der Waals surface area contributed by atoms with Crippen molar-refractivity contribution >= 4 is 39.8 Å². The Morgan fingerprint density at radius 1 is 1.04 bits per heavy atom. The molecule has 3 heterocycles. The number of aromatic nitrogens is 1. The van der Waals surface area contributed by atoms with Crippen molar-refractivity contribution in [1.82, 2.24) is 14.6 Å². The second-order valence-corrected chi connectivity index (χ2v) is 11.7. The van der Waals surface area contributed by atoms with Crippen molar-refractivity contribution in [3.8, 4) is 0 Å². The Morgan fingerprint density at radius 2 is 1.69 bits per heavy atom. The molecule has 2 N–H and O–H groups in total. The van der Waals surface area contributed by atoms with Crippen LogP contribution in [0, 0.1) is 21.7 Å². The summed E-state index contributed by atoms with van der Waals surface area (Å²) in [6.07, 6.45) is 2.21. The molecule has 238 valence electrons. The standard InChI is InChI=1S/C30H32F2N6O7/c1-16-13-34(14-17(2)37(16)35-9-11-45-12-10-35)27-23(31)25(33-29(40)19-5-3-4-6-21(19)38(43)44)22-26(24(27)32)36(18-7-8-18)15-20(28(22)39)30(41)42/h3-6,15-18H,7-14H2,1-2H3,(H,33,40)(H,41,42). The number of carboxylic acid groups (broad SMARTS) is 1. The highest BCUT2D eigenvalue weighted by Gasteiger charge is 2.39. The zero-order chi connectivity index (χ0) is 32.2. The molecule has 15 heteroatoms. The van der Waals surface area contributed by atoms with Crippen molar-refractivity contribution in [3.63, 3.8) is 0 Å². The number of ether oxygens (including phenoxy) is 1. The van der Waals surface area contributed by atoms with Gasteiger partial charge in [0.1, 0.15) is 16.8 Å². The van der Waals surface area contributed by atoms with Crippen LogP contribution in [0.5, 0.6) is 0 Å². The van der Waals surface area contributed by atoms with Gasteiger partial charge < -0.3 is 24.6 Å². The minimum Gasteiger partial charge on any atom is -0.477 e. The number of amides is 1. The molecule has 3 aliphatic rings. The molecular formula is C30H32F2N6O7. The van der Waals surface area contributed by atoms with Crippen molar-refractivity contribution in [1.29, 1.82) is 0 Å². The van der Waals surface area contributed by atoms with Gasteiger partial charge in [-0.25, -0.2) is 23.6 Å². The highest BCUT2D eigenvalue weighted by Crippen LogP contribution is 2.43. The Bertz CT molecular complexity index is 1760. The summed E-state index contributed by atoms with van der Waals surface area (Å²) < 4.78 is 40.3. The number of carbonyl (C=O) groups excluding carboxylic acids is 1. The van der Waals surface area contributed by atoms with E-state index >= 15 is 8.78 Å². The Kier molecular flexibility index (Phi) is 8.01. The number of halogens is 2. The molecular weight excluding hydrogens is 594 g/mol. The average Bonchev–Trinajstić information content (AvgIpc) is 3.85. The van der Waals surface area contributed by atoms with Gasteiger partial charge in [-0.15, -0.1) is 0 Å². The van der Waals surface area contributed by atoms with Crippen LogP contribution in [0.3, 0.4) is 0 Å². The largest absolute Gasteiger partial charge is 0.477 e. The van der Waals surface area contributed by atoms with Crippen LogP contribution < -0.4 is 15.6 Å². The van der Waals surface area contributed by atoms with E-state index in [2.05, 4.69) is 15.3 Å². The van der Waals surface area contributed by atoms with Crippen molar-refractivity contribution in [2.75, 3.05) is 49.6 Å². The normalized spacial score (nSPS) is 21.2. The molecule has 2 atom stereocenters. The van der Waals surface area contributed by atoms with Gasteiger partial charge >= 0.3 is 5.97 Å². The molecule has 2 aliphatic heterocycles. The van der Waals surface area contributed by atoms with E-state index in [1.54, 1.807) is 0 Å². The third kappa shape index (κ3) is 5.40. The Labute approximate surface area is 255 Å². The molecule has 3 aromatic rings. The number of carboxylic acids is 1. The van der Waals surface area contributed by atoms with Crippen LogP contribution in [0.1, 0.15) is 53.4 Å². The number of nitro benzene ring substituents is 1. The summed E-state index contributed by atoms with van der Waals surface area (Å²) in [6.45, 7) is 6.74. The van der Waals surface area contributed by atoms with Gasteiger partial charge in [0.2, 0.25) is 5.43 Å². The molecule has 0 radical (unpaired) electrons. The van der Waals surface area contributed by atoms with Gasteiger partial charge in [-0.05, 0) is 32.8 Å². The lowest BCUT2D eigenvalue weighted by Crippen LogP contribution is -2.64. The summed E-state index contributed by atoms with van der Waals surface area (Å²) >= 11 is 0. The lowest BCUT2D eigenvalue weighted by Gasteiger charge is -2.50. The first kappa shape index (κ1) is 30.6. The molecule has 1 aromatic heterocycles. The first-order chi connectivity index (χ1) is 21.5. The number of aromatic carboxylic acids is 1. The zero-order valence-corrected chi connectivity index (χ0v) is 24.7. The number of benzene rings is 2. The number of fused-ring (bicyclic) bond motifs is 1. The molecule has 2 unspecified atom stereocenters. The fourth-order valence-electron chi connectivity index (χ4n) is 6.56. The molecule has 45 heavy (non-hydrogen) atoms. The second-order valence-electron chi connectivity index (χ2n) is 11.7. The molecule has 6 rings (SSSR count). The minimum absolute atomic E-state index is 0.189. The lowest BCUT2D eigenvalue weighted by molar-refractivity contribution is -0.385. The van der Waals surface area contributed by atoms with Crippen molar-refractivity contribution < 1.29 is 33.1 Å². The summed E-state index contributed by atoms with van der Waals surface area (Å²) in [5.41, 5.74) is -4.43. The first-order valence-electron chi connectivity index (χ1n) is 14.7. The molecule has 1 amide bonds. The number of nitrogens with zero attached hydrogens (tertiary/aromatic N) is 5.